The lowest BCUT2D eigenvalue weighted by Gasteiger charge is -2.31. The second-order valence-corrected chi connectivity index (χ2v) is 5.82. The van der Waals surface area contributed by atoms with Crippen LogP contribution in [0.5, 0.6) is 0 Å². The van der Waals surface area contributed by atoms with Crippen molar-refractivity contribution in [2.45, 2.75) is 51.5 Å². The van der Waals surface area contributed by atoms with E-state index in [1.165, 1.54) is 25.7 Å². The topological polar surface area (TPSA) is 70.7 Å². The highest BCUT2D eigenvalue weighted by atomic mass is 127. The maximum atomic E-state index is 11.4. The van der Waals surface area contributed by atoms with Crippen molar-refractivity contribution in [1.82, 2.24) is 10.2 Å². The van der Waals surface area contributed by atoms with Gasteiger partial charge in [-0.15, -0.1) is 24.0 Å². The molecule has 5 nitrogen and oxygen atoms in total. The molecule has 1 unspecified atom stereocenters. The molecule has 2 rings (SSSR count). The molecule has 20 heavy (non-hydrogen) atoms. The smallest absolute Gasteiger partial charge is 0.219 e. The van der Waals surface area contributed by atoms with Gasteiger partial charge in [0.25, 0.3) is 0 Å². The first-order chi connectivity index (χ1) is 9.15. The maximum absolute atomic E-state index is 11.4. The Kier molecular flexibility index (Phi) is 7.61. The molecule has 1 heterocycles. The Balaban J connectivity index is 0.00000200. The van der Waals surface area contributed by atoms with Gasteiger partial charge < -0.3 is 16.0 Å². The third-order valence-corrected chi connectivity index (χ3v) is 4.19. The number of likely N-dealkylation sites (tertiary alicyclic amines) is 1. The number of guanidine groups is 1. The zero-order valence-corrected chi connectivity index (χ0v) is 14.6. The van der Waals surface area contributed by atoms with Gasteiger partial charge in [-0.2, -0.15) is 0 Å². The average molecular weight is 394 g/mol. The Morgan fingerprint density at radius 2 is 2.00 bits per heavy atom. The number of nitrogens with one attached hydrogen (secondary N) is 1. The van der Waals surface area contributed by atoms with E-state index in [1.54, 1.807) is 6.92 Å². The number of nitrogens with zero attached hydrogens (tertiary/aromatic N) is 2. The van der Waals surface area contributed by atoms with Crippen molar-refractivity contribution < 1.29 is 4.79 Å². The highest BCUT2D eigenvalue weighted by Gasteiger charge is 2.21. The molecule has 2 aliphatic rings. The second-order valence-electron chi connectivity index (χ2n) is 5.82. The van der Waals surface area contributed by atoms with Gasteiger partial charge in [-0.1, -0.05) is 12.8 Å². The van der Waals surface area contributed by atoms with E-state index in [-0.39, 0.29) is 29.9 Å². The van der Waals surface area contributed by atoms with Crippen LogP contribution in [-0.2, 0) is 4.79 Å². The molecule has 0 aromatic heterocycles. The number of carbonyl (C=O) groups excluding carboxylic acids is 1. The van der Waals surface area contributed by atoms with Crippen molar-refractivity contribution in [1.29, 1.82) is 0 Å². The summed E-state index contributed by atoms with van der Waals surface area (Å²) in [7, 11) is 0. The molecule has 2 fully saturated rings. The first kappa shape index (κ1) is 17.5. The SMILES string of the molecule is CC(=O)N1CCCC(CN=C(N)NC2CCCC2)C1.I. The van der Waals surface area contributed by atoms with Crippen LogP contribution in [0.25, 0.3) is 0 Å². The Labute approximate surface area is 138 Å². The monoisotopic (exact) mass is 394 g/mol. The van der Waals surface area contributed by atoms with E-state index < -0.39 is 0 Å². The summed E-state index contributed by atoms with van der Waals surface area (Å²) in [5.41, 5.74) is 5.92. The molecule has 3 N–H and O–H groups in total. The summed E-state index contributed by atoms with van der Waals surface area (Å²) < 4.78 is 0. The quantitative estimate of drug-likeness (QED) is 0.435. The molecule has 1 aliphatic carbocycles. The fourth-order valence-corrected chi connectivity index (χ4v) is 3.05. The molecular formula is C14H27IN4O. The Bertz CT molecular complexity index is 342. The van der Waals surface area contributed by atoms with E-state index >= 15 is 0 Å². The highest BCUT2D eigenvalue weighted by molar-refractivity contribution is 14.0. The summed E-state index contributed by atoms with van der Waals surface area (Å²) in [6.07, 6.45) is 7.22. The molecule has 1 atom stereocenters. The van der Waals surface area contributed by atoms with Gasteiger partial charge in [-0.05, 0) is 31.6 Å². The lowest BCUT2D eigenvalue weighted by molar-refractivity contribution is -0.130. The van der Waals surface area contributed by atoms with Gasteiger partial charge in [0.2, 0.25) is 5.91 Å². The first-order valence-electron chi connectivity index (χ1n) is 7.47. The maximum Gasteiger partial charge on any atom is 0.219 e. The molecule has 0 radical (unpaired) electrons. The first-order valence-corrected chi connectivity index (χ1v) is 7.47. The third-order valence-electron chi connectivity index (χ3n) is 4.19. The molecule has 1 aliphatic heterocycles. The standard InChI is InChI=1S/C14H26N4O.HI/c1-11(19)18-8-4-5-12(10-18)9-16-14(15)17-13-6-2-3-7-13;/h12-13H,2-10H2,1H3,(H3,15,16,17);1H. The van der Waals surface area contributed by atoms with Crippen molar-refractivity contribution in [3.8, 4) is 0 Å². The summed E-state index contributed by atoms with van der Waals surface area (Å²) in [5, 5.41) is 3.30. The van der Waals surface area contributed by atoms with Gasteiger partial charge in [-0.3, -0.25) is 9.79 Å². The number of piperidine rings is 1. The Hall–Kier alpha value is -0.530. The summed E-state index contributed by atoms with van der Waals surface area (Å²) in [6, 6.07) is 0.517. The van der Waals surface area contributed by atoms with E-state index in [0.717, 1.165) is 32.5 Å². The number of aliphatic imine (C=N–C) groups is 1. The van der Waals surface area contributed by atoms with Crippen LogP contribution in [0.1, 0.15) is 45.4 Å². The minimum Gasteiger partial charge on any atom is -0.370 e. The fourth-order valence-electron chi connectivity index (χ4n) is 3.05. The summed E-state index contributed by atoms with van der Waals surface area (Å²) in [5.74, 6) is 1.21. The van der Waals surface area contributed by atoms with Gasteiger partial charge in [0.05, 0.1) is 0 Å². The highest BCUT2D eigenvalue weighted by Crippen LogP contribution is 2.18. The van der Waals surface area contributed by atoms with Crippen LogP contribution in [0.3, 0.4) is 0 Å². The van der Waals surface area contributed by atoms with Crippen LogP contribution in [0.15, 0.2) is 4.99 Å². The van der Waals surface area contributed by atoms with Crippen LogP contribution in [0, 0.1) is 5.92 Å². The number of amides is 1. The summed E-state index contributed by atoms with van der Waals surface area (Å²) in [4.78, 5) is 17.7. The van der Waals surface area contributed by atoms with Crippen LogP contribution in [0.4, 0.5) is 0 Å². The van der Waals surface area contributed by atoms with Gasteiger partial charge in [0.15, 0.2) is 5.96 Å². The molecule has 0 aromatic rings. The van der Waals surface area contributed by atoms with Crippen molar-refractivity contribution >= 4 is 35.8 Å². The fraction of sp³-hybridized carbons (Fsp3) is 0.857. The lowest BCUT2D eigenvalue weighted by atomic mass is 9.98. The number of hydrogen-bond acceptors (Lipinski definition) is 2. The molecule has 0 spiro atoms. The van der Waals surface area contributed by atoms with E-state index in [1.807, 2.05) is 4.90 Å². The predicted octanol–water partition coefficient (Wildman–Crippen LogP) is 1.71. The Morgan fingerprint density at radius 3 is 2.65 bits per heavy atom. The second kappa shape index (κ2) is 8.69. The van der Waals surface area contributed by atoms with Crippen molar-refractivity contribution in [2.75, 3.05) is 19.6 Å². The normalized spacial score (nSPS) is 24.4. The van der Waals surface area contributed by atoms with E-state index in [4.69, 9.17) is 5.73 Å². The van der Waals surface area contributed by atoms with Crippen LogP contribution in [0.2, 0.25) is 0 Å². The molecule has 6 heteroatoms. The van der Waals surface area contributed by atoms with Crippen LogP contribution >= 0.6 is 24.0 Å². The number of carbonyl (C=O) groups is 1. The van der Waals surface area contributed by atoms with Crippen LogP contribution in [-0.4, -0.2) is 42.4 Å². The lowest BCUT2D eigenvalue weighted by Crippen LogP contribution is -2.41. The van der Waals surface area contributed by atoms with Gasteiger partial charge >= 0.3 is 0 Å². The zero-order valence-electron chi connectivity index (χ0n) is 12.3. The molecule has 1 amide bonds. The van der Waals surface area contributed by atoms with Gasteiger partial charge in [-0.25, -0.2) is 0 Å². The number of nitrogens with two attached hydrogens (primary N) is 1. The minimum absolute atomic E-state index is 0. The molecular weight excluding hydrogens is 367 g/mol. The summed E-state index contributed by atoms with van der Waals surface area (Å²) >= 11 is 0. The van der Waals surface area contributed by atoms with Gasteiger partial charge in [0, 0.05) is 32.6 Å². The third kappa shape index (κ3) is 5.46. The van der Waals surface area contributed by atoms with Crippen molar-refractivity contribution in [2.24, 2.45) is 16.6 Å². The predicted molar refractivity (Wildman–Crippen MR) is 92.3 cm³/mol. The van der Waals surface area contributed by atoms with Crippen molar-refractivity contribution in [3.05, 3.63) is 0 Å². The number of hydrogen-bond donors (Lipinski definition) is 2. The van der Waals surface area contributed by atoms with E-state index in [9.17, 15) is 4.79 Å². The zero-order chi connectivity index (χ0) is 13.7. The molecule has 116 valence electrons. The van der Waals surface area contributed by atoms with Crippen molar-refractivity contribution in [3.63, 3.8) is 0 Å². The number of rotatable bonds is 3. The largest absolute Gasteiger partial charge is 0.370 e. The van der Waals surface area contributed by atoms with Gasteiger partial charge in [0.1, 0.15) is 0 Å². The molecule has 1 saturated heterocycles. The van der Waals surface area contributed by atoms with Crippen LogP contribution < -0.4 is 11.1 Å². The Morgan fingerprint density at radius 1 is 1.30 bits per heavy atom. The minimum atomic E-state index is 0. The van der Waals surface area contributed by atoms with E-state index in [2.05, 4.69) is 10.3 Å². The molecule has 0 aromatic carbocycles. The molecule has 1 saturated carbocycles. The van der Waals surface area contributed by atoms with E-state index in [0.29, 0.717) is 17.9 Å². The average Bonchev–Trinajstić information content (AvgIpc) is 2.89. The number of halogens is 1. The molecule has 0 bridgehead atoms. The summed E-state index contributed by atoms with van der Waals surface area (Å²) in [6.45, 7) is 4.10.